The molecule has 0 atom stereocenters. The lowest BCUT2D eigenvalue weighted by Crippen LogP contribution is -2.24. The molecule has 1 amide bonds. The predicted molar refractivity (Wildman–Crippen MR) is 104 cm³/mol. The summed E-state index contributed by atoms with van der Waals surface area (Å²) in [5.74, 6) is 0.652. The molecular formula is C21H19N5O. The fourth-order valence-corrected chi connectivity index (χ4v) is 2.67. The first kappa shape index (κ1) is 18.1. The highest BCUT2D eigenvalue weighted by atomic mass is 16.1. The molecule has 3 rings (SSSR count). The average molecular weight is 357 g/mol. The van der Waals surface area contributed by atoms with Crippen LogP contribution in [0.3, 0.4) is 0 Å². The molecule has 0 fully saturated rings. The normalized spacial score (nSPS) is 10.1. The first-order chi connectivity index (χ1) is 13.0. The fraction of sp³-hybridized carbons (Fsp3) is 0.143. The molecule has 0 spiro atoms. The molecule has 3 aromatic rings. The van der Waals surface area contributed by atoms with Crippen LogP contribution in [0.5, 0.6) is 0 Å². The molecule has 0 saturated carbocycles. The molecule has 134 valence electrons. The van der Waals surface area contributed by atoms with Crippen LogP contribution in [0.4, 0.5) is 11.5 Å². The largest absolute Gasteiger partial charge is 0.347 e. The molecule has 2 aromatic carbocycles. The zero-order chi connectivity index (χ0) is 19.2. The third-order valence-corrected chi connectivity index (χ3v) is 3.92. The number of anilines is 2. The Balaban J connectivity index is 1.76. The number of nitrogens with zero attached hydrogens (tertiary/aromatic N) is 3. The number of nitrogens with one attached hydrogen (secondary N) is 2. The molecule has 0 unspecified atom stereocenters. The zero-order valence-corrected chi connectivity index (χ0v) is 15.2. The van der Waals surface area contributed by atoms with Crippen LogP contribution in [0, 0.1) is 25.2 Å². The van der Waals surface area contributed by atoms with Crippen molar-refractivity contribution in [3.05, 3.63) is 82.8 Å². The number of nitriles is 1. The lowest BCUT2D eigenvalue weighted by atomic mass is 10.1. The molecular weight excluding hydrogens is 338 g/mol. The molecule has 1 heterocycles. The molecule has 0 aliphatic heterocycles. The van der Waals surface area contributed by atoms with Crippen molar-refractivity contribution in [3.63, 3.8) is 0 Å². The predicted octanol–water partition coefficient (Wildman–Crippen LogP) is 3.64. The van der Waals surface area contributed by atoms with E-state index in [1.54, 1.807) is 31.2 Å². The van der Waals surface area contributed by atoms with Gasteiger partial charge in [0.15, 0.2) is 0 Å². The summed E-state index contributed by atoms with van der Waals surface area (Å²) in [4.78, 5) is 21.0. The Labute approximate surface area is 157 Å². The lowest BCUT2D eigenvalue weighted by Gasteiger charge is -2.10. The number of amides is 1. The Morgan fingerprint density at radius 3 is 2.67 bits per heavy atom. The maximum atomic E-state index is 12.5. The van der Waals surface area contributed by atoms with E-state index < -0.39 is 0 Å². The van der Waals surface area contributed by atoms with Gasteiger partial charge in [0.1, 0.15) is 23.4 Å². The molecule has 0 aliphatic carbocycles. The van der Waals surface area contributed by atoms with E-state index in [-0.39, 0.29) is 11.6 Å². The summed E-state index contributed by atoms with van der Waals surface area (Å²) in [6.45, 7) is 4.15. The maximum Gasteiger partial charge on any atom is 0.270 e. The van der Waals surface area contributed by atoms with Gasteiger partial charge in [-0.1, -0.05) is 42.0 Å². The first-order valence-corrected chi connectivity index (χ1v) is 8.51. The summed E-state index contributed by atoms with van der Waals surface area (Å²) in [5, 5.41) is 15.2. The number of para-hydroxylation sites is 1. The number of rotatable bonds is 5. The molecule has 6 heteroatoms. The highest BCUT2D eigenvalue weighted by Crippen LogP contribution is 2.19. The standard InChI is InChI=1S/C21H19N5O/c1-14-6-5-7-16(10-14)13-23-21(27)19-11-20(25-15(2)24-19)26-18-9-4-3-8-17(18)12-22/h3-11H,13H2,1-2H3,(H,23,27)(H,24,25,26). The number of carbonyl (C=O) groups excluding carboxylic acids is 1. The topological polar surface area (TPSA) is 90.7 Å². The highest BCUT2D eigenvalue weighted by Gasteiger charge is 2.11. The van der Waals surface area contributed by atoms with E-state index in [0.29, 0.717) is 29.4 Å². The van der Waals surface area contributed by atoms with E-state index in [2.05, 4.69) is 26.7 Å². The van der Waals surface area contributed by atoms with Crippen molar-refractivity contribution in [2.24, 2.45) is 0 Å². The minimum absolute atomic E-state index is 0.270. The maximum absolute atomic E-state index is 12.5. The number of benzene rings is 2. The highest BCUT2D eigenvalue weighted by molar-refractivity contribution is 5.93. The van der Waals surface area contributed by atoms with Crippen LogP contribution in [0.1, 0.15) is 33.0 Å². The van der Waals surface area contributed by atoms with Crippen LogP contribution < -0.4 is 10.6 Å². The van der Waals surface area contributed by atoms with Crippen molar-refractivity contribution in [3.8, 4) is 6.07 Å². The van der Waals surface area contributed by atoms with Gasteiger partial charge in [0.05, 0.1) is 11.3 Å². The number of hydrogen-bond acceptors (Lipinski definition) is 5. The quantitative estimate of drug-likeness (QED) is 0.727. The summed E-state index contributed by atoms with van der Waals surface area (Å²) >= 11 is 0. The number of aryl methyl sites for hydroxylation is 2. The van der Waals surface area contributed by atoms with Gasteiger partial charge in [-0.2, -0.15) is 5.26 Å². The van der Waals surface area contributed by atoms with Crippen molar-refractivity contribution in [1.82, 2.24) is 15.3 Å². The van der Waals surface area contributed by atoms with Crippen LogP contribution in [0.15, 0.2) is 54.6 Å². The summed E-state index contributed by atoms with van der Waals surface area (Å²) < 4.78 is 0. The van der Waals surface area contributed by atoms with Gasteiger partial charge in [0, 0.05) is 12.6 Å². The summed E-state index contributed by atoms with van der Waals surface area (Å²) in [7, 11) is 0. The van der Waals surface area contributed by atoms with Gasteiger partial charge < -0.3 is 10.6 Å². The SMILES string of the molecule is Cc1cccc(CNC(=O)c2cc(Nc3ccccc3C#N)nc(C)n2)c1. The van der Waals surface area contributed by atoms with E-state index >= 15 is 0 Å². The first-order valence-electron chi connectivity index (χ1n) is 8.51. The van der Waals surface area contributed by atoms with Crippen LogP contribution >= 0.6 is 0 Å². The number of aromatic nitrogens is 2. The van der Waals surface area contributed by atoms with Crippen molar-refractivity contribution in [1.29, 1.82) is 5.26 Å². The molecule has 0 aliphatic rings. The smallest absolute Gasteiger partial charge is 0.270 e. The summed E-state index contributed by atoms with van der Waals surface area (Å²) in [6, 6.07) is 18.8. The molecule has 6 nitrogen and oxygen atoms in total. The Kier molecular flexibility index (Phi) is 5.43. The molecule has 1 aromatic heterocycles. The minimum atomic E-state index is -0.279. The Morgan fingerprint density at radius 2 is 1.89 bits per heavy atom. The fourth-order valence-electron chi connectivity index (χ4n) is 2.67. The average Bonchev–Trinajstić information content (AvgIpc) is 2.66. The van der Waals surface area contributed by atoms with Crippen LogP contribution in [-0.2, 0) is 6.54 Å². The van der Waals surface area contributed by atoms with Crippen molar-refractivity contribution >= 4 is 17.4 Å². The van der Waals surface area contributed by atoms with Gasteiger partial charge in [-0.05, 0) is 31.5 Å². The van der Waals surface area contributed by atoms with E-state index in [4.69, 9.17) is 0 Å². The zero-order valence-electron chi connectivity index (χ0n) is 15.2. The van der Waals surface area contributed by atoms with Gasteiger partial charge in [0.2, 0.25) is 0 Å². The minimum Gasteiger partial charge on any atom is -0.347 e. The second-order valence-corrected chi connectivity index (χ2v) is 6.14. The number of carbonyl (C=O) groups is 1. The molecule has 0 saturated heterocycles. The third kappa shape index (κ3) is 4.67. The Hall–Kier alpha value is -3.72. The second kappa shape index (κ2) is 8.11. The number of hydrogen-bond donors (Lipinski definition) is 2. The third-order valence-electron chi connectivity index (χ3n) is 3.92. The summed E-state index contributed by atoms with van der Waals surface area (Å²) in [6.07, 6.45) is 0. The van der Waals surface area contributed by atoms with Crippen molar-refractivity contribution in [2.75, 3.05) is 5.32 Å². The van der Waals surface area contributed by atoms with Gasteiger partial charge in [-0.25, -0.2) is 9.97 Å². The van der Waals surface area contributed by atoms with Gasteiger partial charge >= 0.3 is 0 Å². The Bertz CT molecular complexity index is 1020. The van der Waals surface area contributed by atoms with Gasteiger partial charge in [-0.15, -0.1) is 0 Å². The van der Waals surface area contributed by atoms with E-state index in [0.717, 1.165) is 11.1 Å². The summed E-state index contributed by atoms with van der Waals surface area (Å²) in [5.41, 5.74) is 3.56. The van der Waals surface area contributed by atoms with E-state index in [1.807, 2.05) is 37.3 Å². The molecule has 0 radical (unpaired) electrons. The monoisotopic (exact) mass is 357 g/mol. The van der Waals surface area contributed by atoms with E-state index in [9.17, 15) is 10.1 Å². The van der Waals surface area contributed by atoms with Crippen molar-refractivity contribution < 1.29 is 4.79 Å². The molecule has 0 bridgehead atoms. The Morgan fingerprint density at radius 1 is 1.07 bits per heavy atom. The van der Waals surface area contributed by atoms with Gasteiger partial charge in [-0.3, -0.25) is 4.79 Å². The second-order valence-electron chi connectivity index (χ2n) is 6.14. The molecule has 27 heavy (non-hydrogen) atoms. The molecule has 2 N–H and O–H groups in total. The lowest BCUT2D eigenvalue weighted by molar-refractivity contribution is 0.0945. The van der Waals surface area contributed by atoms with Gasteiger partial charge in [0.25, 0.3) is 5.91 Å². The van der Waals surface area contributed by atoms with Crippen molar-refractivity contribution in [2.45, 2.75) is 20.4 Å². The van der Waals surface area contributed by atoms with Crippen LogP contribution in [0.2, 0.25) is 0 Å². The van der Waals surface area contributed by atoms with Crippen LogP contribution in [0.25, 0.3) is 0 Å². The van der Waals surface area contributed by atoms with E-state index in [1.165, 1.54) is 0 Å². The van der Waals surface area contributed by atoms with Crippen LogP contribution in [-0.4, -0.2) is 15.9 Å².